The van der Waals surface area contributed by atoms with Crippen LogP contribution in [0.2, 0.25) is 0 Å². The van der Waals surface area contributed by atoms with Gasteiger partial charge in [0.05, 0.1) is 6.61 Å². The minimum absolute atomic E-state index is 0.228. The van der Waals surface area contributed by atoms with Crippen molar-refractivity contribution in [2.45, 2.75) is 0 Å². The standard InChI is InChI=1S/C12H17N5O/c18-10-9-15-5-7-16(8-6-15)17-12-4-2-1-3-11(12)13-14-17/h1-4,18H,5-10H2. The van der Waals surface area contributed by atoms with Gasteiger partial charge in [0, 0.05) is 32.7 Å². The SMILES string of the molecule is OCCN1CCN(n2nnc3ccccc32)CC1. The number of fused-ring (bicyclic) bond motifs is 1. The number of rotatable bonds is 3. The molecule has 1 aliphatic heterocycles. The first-order valence-electron chi connectivity index (χ1n) is 6.27. The minimum atomic E-state index is 0.228. The quantitative estimate of drug-likeness (QED) is 0.805. The molecule has 0 amide bonds. The molecule has 1 N–H and O–H groups in total. The number of piperazine rings is 1. The van der Waals surface area contributed by atoms with Crippen LogP contribution in [0.15, 0.2) is 24.3 Å². The van der Waals surface area contributed by atoms with Crippen LogP contribution in [-0.2, 0) is 0 Å². The van der Waals surface area contributed by atoms with Crippen LogP contribution in [0, 0.1) is 0 Å². The fraction of sp³-hybridized carbons (Fsp3) is 0.500. The van der Waals surface area contributed by atoms with E-state index < -0.39 is 0 Å². The Hall–Kier alpha value is -1.66. The van der Waals surface area contributed by atoms with E-state index in [9.17, 15) is 0 Å². The van der Waals surface area contributed by atoms with Gasteiger partial charge in [-0.2, -0.15) is 4.79 Å². The molecule has 2 heterocycles. The van der Waals surface area contributed by atoms with Crippen LogP contribution in [0.4, 0.5) is 0 Å². The Kier molecular flexibility index (Phi) is 3.12. The van der Waals surface area contributed by atoms with Crippen LogP contribution in [0.3, 0.4) is 0 Å². The Morgan fingerprint density at radius 1 is 1.11 bits per heavy atom. The summed E-state index contributed by atoms with van der Waals surface area (Å²) in [6.07, 6.45) is 0. The van der Waals surface area contributed by atoms with Gasteiger partial charge in [0.2, 0.25) is 0 Å². The van der Waals surface area contributed by atoms with Gasteiger partial charge in [0.1, 0.15) is 11.0 Å². The molecule has 0 saturated carbocycles. The Labute approximate surface area is 105 Å². The molecule has 6 nitrogen and oxygen atoms in total. The van der Waals surface area contributed by atoms with E-state index in [0.717, 1.165) is 43.8 Å². The number of aromatic nitrogens is 3. The highest BCUT2D eigenvalue weighted by Gasteiger charge is 2.18. The Morgan fingerprint density at radius 2 is 1.89 bits per heavy atom. The number of nitrogens with zero attached hydrogens (tertiary/aromatic N) is 5. The summed E-state index contributed by atoms with van der Waals surface area (Å²) in [4.78, 5) is 4.15. The van der Waals surface area contributed by atoms with Crippen LogP contribution in [0.5, 0.6) is 0 Å². The lowest BCUT2D eigenvalue weighted by molar-refractivity contribution is 0.179. The van der Waals surface area contributed by atoms with E-state index >= 15 is 0 Å². The molecule has 0 spiro atoms. The number of para-hydroxylation sites is 1. The average Bonchev–Trinajstić information content (AvgIpc) is 2.84. The summed E-state index contributed by atoms with van der Waals surface area (Å²) in [7, 11) is 0. The van der Waals surface area contributed by atoms with Gasteiger partial charge >= 0.3 is 0 Å². The summed E-state index contributed by atoms with van der Waals surface area (Å²) in [5, 5.41) is 19.5. The van der Waals surface area contributed by atoms with Gasteiger partial charge in [0.15, 0.2) is 0 Å². The summed E-state index contributed by atoms with van der Waals surface area (Å²) in [5.74, 6) is 0. The van der Waals surface area contributed by atoms with E-state index in [-0.39, 0.29) is 6.61 Å². The second kappa shape index (κ2) is 4.91. The molecule has 2 aromatic rings. The van der Waals surface area contributed by atoms with Gasteiger partial charge in [-0.05, 0) is 17.3 Å². The smallest absolute Gasteiger partial charge is 0.115 e. The first-order chi connectivity index (χ1) is 8.88. The zero-order valence-electron chi connectivity index (χ0n) is 10.2. The summed E-state index contributed by atoms with van der Waals surface area (Å²) in [5.41, 5.74) is 1.98. The van der Waals surface area contributed by atoms with Gasteiger partial charge < -0.3 is 5.11 Å². The van der Waals surface area contributed by atoms with Crippen molar-refractivity contribution in [2.24, 2.45) is 0 Å². The number of aliphatic hydroxyl groups excluding tert-OH is 1. The molecule has 1 aromatic heterocycles. The highest BCUT2D eigenvalue weighted by Crippen LogP contribution is 2.11. The van der Waals surface area contributed by atoms with E-state index in [1.54, 1.807) is 0 Å². The Morgan fingerprint density at radius 3 is 2.67 bits per heavy atom. The van der Waals surface area contributed by atoms with E-state index in [1.165, 1.54) is 0 Å². The molecule has 1 saturated heterocycles. The fourth-order valence-electron chi connectivity index (χ4n) is 2.36. The van der Waals surface area contributed by atoms with Crippen LogP contribution in [-0.4, -0.2) is 64.4 Å². The lowest BCUT2D eigenvalue weighted by atomic mass is 10.3. The zero-order valence-corrected chi connectivity index (χ0v) is 10.2. The molecule has 0 unspecified atom stereocenters. The van der Waals surface area contributed by atoms with Crippen molar-refractivity contribution in [2.75, 3.05) is 44.3 Å². The second-order valence-corrected chi connectivity index (χ2v) is 4.49. The molecule has 6 heteroatoms. The van der Waals surface area contributed by atoms with Crippen LogP contribution >= 0.6 is 0 Å². The first kappa shape index (κ1) is 11.4. The van der Waals surface area contributed by atoms with Gasteiger partial charge in [-0.1, -0.05) is 12.1 Å². The zero-order chi connectivity index (χ0) is 12.4. The van der Waals surface area contributed by atoms with Crippen molar-refractivity contribution >= 4 is 11.0 Å². The molecule has 3 rings (SSSR count). The first-order valence-corrected chi connectivity index (χ1v) is 6.27. The van der Waals surface area contributed by atoms with Crippen LogP contribution in [0.25, 0.3) is 11.0 Å². The summed E-state index contributed by atoms with van der Waals surface area (Å²) in [6.45, 7) is 4.71. The second-order valence-electron chi connectivity index (χ2n) is 4.49. The number of hydrogen-bond acceptors (Lipinski definition) is 5. The third kappa shape index (κ3) is 2.04. The number of benzene rings is 1. The highest BCUT2D eigenvalue weighted by molar-refractivity contribution is 5.74. The minimum Gasteiger partial charge on any atom is -0.395 e. The lowest BCUT2D eigenvalue weighted by Gasteiger charge is -2.35. The van der Waals surface area contributed by atoms with E-state index in [0.29, 0.717) is 0 Å². The summed E-state index contributed by atoms with van der Waals surface area (Å²) < 4.78 is 0. The van der Waals surface area contributed by atoms with Gasteiger partial charge in [-0.15, -0.1) is 5.10 Å². The van der Waals surface area contributed by atoms with Gasteiger partial charge in [-0.25, -0.2) is 0 Å². The van der Waals surface area contributed by atoms with E-state index in [4.69, 9.17) is 5.11 Å². The van der Waals surface area contributed by atoms with Crippen molar-refractivity contribution in [3.8, 4) is 0 Å². The molecule has 0 radical (unpaired) electrons. The van der Waals surface area contributed by atoms with Crippen LogP contribution in [0.1, 0.15) is 0 Å². The van der Waals surface area contributed by atoms with Crippen molar-refractivity contribution in [1.82, 2.24) is 20.0 Å². The van der Waals surface area contributed by atoms with Crippen LogP contribution < -0.4 is 5.01 Å². The molecule has 1 aliphatic rings. The third-order valence-corrected chi connectivity index (χ3v) is 3.37. The molecule has 96 valence electrons. The molecule has 0 bridgehead atoms. The molecule has 0 atom stereocenters. The van der Waals surface area contributed by atoms with Crippen molar-refractivity contribution < 1.29 is 5.11 Å². The maximum atomic E-state index is 8.93. The van der Waals surface area contributed by atoms with E-state index in [1.807, 2.05) is 29.1 Å². The largest absolute Gasteiger partial charge is 0.395 e. The third-order valence-electron chi connectivity index (χ3n) is 3.37. The van der Waals surface area contributed by atoms with Crippen molar-refractivity contribution in [3.05, 3.63) is 24.3 Å². The fourth-order valence-corrected chi connectivity index (χ4v) is 2.36. The van der Waals surface area contributed by atoms with Gasteiger partial charge in [0.25, 0.3) is 0 Å². The molecular weight excluding hydrogens is 230 g/mol. The molecule has 0 aliphatic carbocycles. The van der Waals surface area contributed by atoms with Crippen molar-refractivity contribution in [3.63, 3.8) is 0 Å². The molecule has 1 aromatic carbocycles. The number of β-amino-alcohol motifs (C(OH)–C–C–N with tert-alkyl or cyclic N) is 1. The predicted octanol–water partition coefficient (Wildman–Crippen LogP) is -0.323. The van der Waals surface area contributed by atoms with E-state index in [2.05, 4.69) is 20.2 Å². The Bertz CT molecular complexity index is 518. The maximum absolute atomic E-state index is 8.93. The maximum Gasteiger partial charge on any atom is 0.115 e. The summed E-state index contributed by atoms with van der Waals surface area (Å²) in [6, 6.07) is 7.99. The monoisotopic (exact) mass is 247 g/mol. The topological polar surface area (TPSA) is 57.4 Å². The number of hydrogen-bond donors (Lipinski definition) is 1. The molecular formula is C12H17N5O. The number of aliphatic hydroxyl groups is 1. The van der Waals surface area contributed by atoms with Gasteiger partial charge in [-0.3, -0.25) is 9.91 Å². The normalized spacial score (nSPS) is 17.5. The van der Waals surface area contributed by atoms with Crippen molar-refractivity contribution in [1.29, 1.82) is 0 Å². The predicted molar refractivity (Wildman–Crippen MR) is 69.0 cm³/mol. The molecule has 18 heavy (non-hydrogen) atoms. The lowest BCUT2D eigenvalue weighted by Crippen LogP contribution is -2.52. The molecule has 1 fully saturated rings. The summed E-state index contributed by atoms with van der Waals surface area (Å²) >= 11 is 0. The average molecular weight is 247 g/mol. The highest BCUT2D eigenvalue weighted by atomic mass is 16.3. The Balaban J connectivity index is 1.76.